The summed E-state index contributed by atoms with van der Waals surface area (Å²) in [5, 5.41) is 21.3. The maximum Gasteiger partial charge on any atom is 0.326 e. The van der Waals surface area contributed by atoms with Gasteiger partial charge in [-0.3, -0.25) is 4.79 Å². The molecule has 0 bridgehead atoms. The van der Waals surface area contributed by atoms with Gasteiger partial charge in [0, 0.05) is 6.42 Å². The molecule has 1 atom stereocenters. The van der Waals surface area contributed by atoms with Gasteiger partial charge in [0.1, 0.15) is 17.5 Å². The molecule has 2 rings (SSSR count). The summed E-state index contributed by atoms with van der Waals surface area (Å²) in [6.07, 6.45) is 0.565. The van der Waals surface area contributed by atoms with Crippen LogP contribution in [0.5, 0.6) is 17.2 Å². The van der Waals surface area contributed by atoms with Crippen LogP contribution in [0.15, 0.2) is 24.3 Å². The molecule has 6 nitrogen and oxygen atoms in total. The molecule has 3 N–H and O–H groups in total. The van der Waals surface area contributed by atoms with Gasteiger partial charge in [0.05, 0.1) is 14.3 Å². The Balaban J connectivity index is 2.29. The highest BCUT2D eigenvalue weighted by atomic mass is 127. The van der Waals surface area contributed by atoms with E-state index in [-0.39, 0.29) is 12.2 Å². The van der Waals surface area contributed by atoms with E-state index in [2.05, 4.69) is 50.5 Å². The van der Waals surface area contributed by atoms with Crippen LogP contribution >= 0.6 is 90.4 Å². The normalized spacial score (nSPS) is 11.7. The molecule has 2 aromatic carbocycles. The van der Waals surface area contributed by atoms with E-state index in [1.165, 1.54) is 0 Å². The van der Waals surface area contributed by atoms with Gasteiger partial charge >= 0.3 is 5.97 Å². The fourth-order valence-electron chi connectivity index (χ4n) is 2.08. The van der Waals surface area contributed by atoms with Crippen molar-refractivity contribution in [3.05, 3.63) is 44.1 Å². The van der Waals surface area contributed by atoms with Crippen LogP contribution in [-0.2, 0) is 16.0 Å². The Kier molecular flexibility index (Phi) is 8.45. The van der Waals surface area contributed by atoms with Gasteiger partial charge in [-0.05, 0) is 120 Å². The molecule has 138 valence electrons. The lowest BCUT2D eigenvalue weighted by Gasteiger charge is -2.15. The van der Waals surface area contributed by atoms with Gasteiger partial charge in [0.25, 0.3) is 0 Å². The highest BCUT2D eigenvalue weighted by molar-refractivity contribution is 14.1. The lowest BCUT2D eigenvalue weighted by atomic mass is 10.1. The molecular weight excluding hydrogens is 794 g/mol. The zero-order valence-electron chi connectivity index (χ0n) is 12.8. The zero-order chi connectivity index (χ0) is 19.4. The lowest BCUT2D eigenvalue weighted by molar-refractivity contribution is -0.140. The minimum atomic E-state index is -1.09. The number of carbonyl (C=O) groups excluding carboxylic acids is 1. The maximum absolute atomic E-state index is 11.2. The molecule has 1 amide bonds. The third kappa shape index (κ3) is 5.70. The minimum absolute atomic E-state index is 0.176. The SMILES string of the molecule is O=CN[C@@H](Cc1cc(I)c(Oc2cc(I)c(O)c(I)c2)c(I)c1)C(=O)O. The fourth-order valence-corrected chi connectivity index (χ4v) is 5.91. The number of amides is 1. The lowest BCUT2D eigenvalue weighted by Crippen LogP contribution is -2.37. The summed E-state index contributed by atoms with van der Waals surface area (Å²) < 4.78 is 9.00. The van der Waals surface area contributed by atoms with Gasteiger partial charge in [-0.15, -0.1) is 0 Å². The topological polar surface area (TPSA) is 95.9 Å². The Morgan fingerprint density at radius 2 is 1.62 bits per heavy atom. The van der Waals surface area contributed by atoms with Crippen molar-refractivity contribution in [3.8, 4) is 17.2 Å². The maximum atomic E-state index is 11.2. The Labute approximate surface area is 204 Å². The number of phenolic OH excluding ortho intramolecular Hbond substituents is 1. The Hall–Kier alpha value is -0.100. The number of carbonyl (C=O) groups is 2. The van der Waals surface area contributed by atoms with Crippen molar-refractivity contribution in [3.63, 3.8) is 0 Å². The fraction of sp³-hybridized carbons (Fsp3) is 0.125. The van der Waals surface area contributed by atoms with Crippen molar-refractivity contribution in [2.75, 3.05) is 0 Å². The van der Waals surface area contributed by atoms with E-state index in [9.17, 15) is 14.7 Å². The molecular formula is C16H11I4NO5. The zero-order valence-corrected chi connectivity index (χ0v) is 21.4. The van der Waals surface area contributed by atoms with Crippen molar-refractivity contribution >= 4 is 103 Å². The Bertz CT molecular complexity index is 813. The first-order valence-electron chi connectivity index (χ1n) is 6.99. The van der Waals surface area contributed by atoms with E-state index >= 15 is 0 Å². The summed E-state index contributed by atoms with van der Waals surface area (Å²) in [6.45, 7) is 0. The summed E-state index contributed by atoms with van der Waals surface area (Å²) >= 11 is 8.33. The first-order valence-corrected chi connectivity index (χ1v) is 11.3. The predicted octanol–water partition coefficient (Wildman–Crippen LogP) is 4.34. The summed E-state index contributed by atoms with van der Waals surface area (Å²) in [5.74, 6) is 0.394. The quantitative estimate of drug-likeness (QED) is 0.286. The summed E-state index contributed by atoms with van der Waals surface area (Å²) in [5.41, 5.74) is 0.780. The number of carboxylic acids is 1. The summed E-state index contributed by atoms with van der Waals surface area (Å²) in [4.78, 5) is 21.8. The second-order valence-corrected chi connectivity index (χ2v) is 9.75. The summed E-state index contributed by atoms with van der Waals surface area (Å²) in [7, 11) is 0. The predicted molar refractivity (Wildman–Crippen MR) is 130 cm³/mol. The highest BCUT2D eigenvalue weighted by Crippen LogP contribution is 2.36. The molecule has 0 fully saturated rings. The van der Waals surface area contributed by atoms with E-state index in [1.807, 2.05) is 57.3 Å². The van der Waals surface area contributed by atoms with Gasteiger partial charge in [0.2, 0.25) is 6.41 Å². The number of aromatic hydroxyl groups is 1. The standard InChI is InChI=1S/C16H11I4NO5/c17-9-4-8(5-10(18)14(9)23)26-15-11(19)1-7(2-12(15)20)3-13(16(24)25)21-6-22/h1-2,4-6,13,23H,3H2,(H,21,22)(H,24,25)/t13-/m0/s1. The molecule has 0 heterocycles. The second-order valence-electron chi connectivity index (χ2n) is 5.11. The van der Waals surface area contributed by atoms with Crippen molar-refractivity contribution in [2.24, 2.45) is 0 Å². The second kappa shape index (κ2) is 9.90. The van der Waals surface area contributed by atoms with Crippen LogP contribution in [0, 0.1) is 14.3 Å². The van der Waals surface area contributed by atoms with Gasteiger partial charge in [-0.1, -0.05) is 0 Å². The van der Waals surface area contributed by atoms with E-state index in [1.54, 1.807) is 12.1 Å². The molecule has 0 spiro atoms. The van der Waals surface area contributed by atoms with Crippen LogP contribution in [0.3, 0.4) is 0 Å². The number of rotatable bonds is 7. The Morgan fingerprint density at radius 3 is 2.08 bits per heavy atom. The van der Waals surface area contributed by atoms with Crippen molar-refractivity contribution < 1.29 is 24.5 Å². The van der Waals surface area contributed by atoms with E-state index in [0.29, 0.717) is 25.0 Å². The molecule has 0 aliphatic rings. The van der Waals surface area contributed by atoms with Gasteiger partial charge in [-0.2, -0.15) is 0 Å². The molecule has 0 unspecified atom stereocenters. The molecule has 0 aromatic heterocycles. The van der Waals surface area contributed by atoms with Crippen molar-refractivity contribution in [2.45, 2.75) is 12.5 Å². The van der Waals surface area contributed by atoms with E-state index in [4.69, 9.17) is 9.84 Å². The number of hydrogen-bond donors (Lipinski definition) is 3. The number of halogens is 4. The third-order valence-electron chi connectivity index (χ3n) is 3.28. The van der Waals surface area contributed by atoms with E-state index < -0.39 is 12.0 Å². The smallest absolute Gasteiger partial charge is 0.326 e. The minimum Gasteiger partial charge on any atom is -0.506 e. The number of nitrogens with one attached hydrogen (secondary N) is 1. The average Bonchev–Trinajstić information content (AvgIpc) is 2.55. The molecule has 0 saturated heterocycles. The van der Waals surface area contributed by atoms with Crippen LogP contribution in [0.4, 0.5) is 0 Å². The van der Waals surface area contributed by atoms with Crippen molar-refractivity contribution in [1.29, 1.82) is 0 Å². The van der Waals surface area contributed by atoms with Crippen molar-refractivity contribution in [1.82, 2.24) is 5.32 Å². The Morgan fingerprint density at radius 1 is 1.08 bits per heavy atom. The summed E-state index contributed by atoms with van der Waals surface area (Å²) in [6, 6.07) is 6.17. The highest BCUT2D eigenvalue weighted by Gasteiger charge is 2.19. The molecule has 26 heavy (non-hydrogen) atoms. The number of hydrogen-bond acceptors (Lipinski definition) is 4. The average molecular weight is 805 g/mol. The van der Waals surface area contributed by atoms with Gasteiger partial charge < -0.3 is 20.3 Å². The van der Waals surface area contributed by atoms with Crippen LogP contribution in [0.1, 0.15) is 5.56 Å². The van der Waals surface area contributed by atoms with E-state index in [0.717, 1.165) is 12.7 Å². The molecule has 0 aliphatic carbocycles. The van der Waals surface area contributed by atoms with Gasteiger partial charge in [0.15, 0.2) is 5.75 Å². The monoisotopic (exact) mass is 805 g/mol. The largest absolute Gasteiger partial charge is 0.506 e. The molecule has 0 saturated carbocycles. The van der Waals surface area contributed by atoms with Crippen LogP contribution in [-0.4, -0.2) is 28.6 Å². The number of aliphatic carboxylic acids is 1. The van der Waals surface area contributed by atoms with Gasteiger partial charge in [-0.25, -0.2) is 4.79 Å². The molecule has 0 radical (unpaired) electrons. The van der Waals surface area contributed by atoms with Crippen LogP contribution in [0.25, 0.3) is 0 Å². The molecule has 2 aromatic rings. The number of carboxylic acid groups (broad SMARTS) is 1. The number of benzene rings is 2. The third-order valence-corrected chi connectivity index (χ3v) is 6.52. The van der Waals surface area contributed by atoms with Crippen LogP contribution in [0.2, 0.25) is 0 Å². The first-order chi connectivity index (χ1) is 12.2. The molecule has 10 heteroatoms. The molecule has 0 aliphatic heterocycles. The first kappa shape index (κ1) is 22.2. The number of ether oxygens (including phenoxy) is 1. The van der Waals surface area contributed by atoms with Crippen LogP contribution < -0.4 is 10.1 Å². The number of phenols is 1.